The number of rotatable bonds is 4. The molecule has 2 aliphatic heterocycles. The summed E-state index contributed by atoms with van der Waals surface area (Å²) < 4.78 is 5.95. The quantitative estimate of drug-likeness (QED) is 0.846. The number of likely N-dealkylation sites (tertiary alicyclic amines) is 1. The van der Waals surface area contributed by atoms with Crippen LogP contribution >= 0.6 is 11.3 Å². The fourth-order valence-corrected chi connectivity index (χ4v) is 3.85. The molecule has 0 radical (unpaired) electrons. The summed E-state index contributed by atoms with van der Waals surface area (Å²) in [5.74, 6) is 0.183. The van der Waals surface area contributed by atoms with E-state index in [1.165, 1.54) is 25.9 Å². The predicted octanol–water partition coefficient (Wildman–Crippen LogP) is 1.71. The highest BCUT2D eigenvalue weighted by Gasteiger charge is 2.25. The Balaban J connectivity index is 1.55. The van der Waals surface area contributed by atoms with E-state index < -0.39 is 0 Å². The molecular weight excluding hydrogens is 298 g/mol. The molecule has 3 heterocycles. The number of carbonyl (C=O) groups excluding carboxylic acids is 1. The summed E-state index contributed by atoms with van der Waals surface area (Å²) in [7, 11) is 0. The molecule has 122 valence electrons. The Morgan fingerprint density at radius 2 is 2.18 bits per heavy atom. The summed E-state index contributed by atoms with van der Waals surface area (Å²) in [6.45, 7) is 7.57. The SMILES string of the molecule is Cc1nc(CC(=O)N2CCCO[C@@H](CN3CCCC3)C2)cs1. The maximum absolute atomic E-state index is 12.5. The van der Waals surface area contributed by atoms with E-state index in [2.05, 4.69) is 9.88 Å². The summed E-state index contributed by atoms with van der Waals surface area (Å²) in [6.07, 6.45) is 4.08. The number of amides is 1. The van der Waals surface area contributed by atoms with E-state index in [0.717, 1.165) is 43.4 Å². The van der Waals surface area contributed by atoms with E-state index >= 15 is 0 Å². The van der Waals surface area contributed by atoms with Gasteiger partial charge in [-0.15, -0.1) is 11.3 Å². The van der Waals surface area contributed by atoms with E-state index in [-0.39, 0.29) is 12.0 Å². The number of nitrogens with zero attached hydrogens (tertiary/aromatic N) is 3. The first-order valence-corrected chi connectivity index (χ1v) is 9.11. The van der Waals surface area contributed by atoms with Crippen LogP contribution in [-0.2, 0) is 16.0 Å². The van der Waals surface area contributed by atoms with Crippen LogP contribution in [0.2, 0.25) is 0 Å². The molecule has 2 fully saturated rings. The first kappa shape index (κ1) is 15.9. The Morgan fingerprint density at radius 1 is 1.36 bits per heavy atom. The average molecular weight is 323 g/mol. The van der Waals surface area contributed by atoms with Gasteiger partial charge in [-0.05, 0) is 39.3 Å². The van der Waals surface area contributed by atoms with E-state index in [0.29, 0.717) is 6.42 Å². The van der Waals surface area contributed by atoms with Crippen molar-refractivity contribution in [2.24, 2.45) is 0 Å². The van der Waals surface area contributed by atoms with Gasteiger partial charge in [-0.3, -0.25) is 4.79 Å². The van der Waals surface area contributed by atoms with Gasteiger partial charge in [0.2, 0.25) is 5.91 Å². The monoisotopic (exact) mass is 323 g/mol. The van der Waals surface area contributed by atoms with Crippen LogP contribution in [0.25, 0.3) is 0 Å². The summed E-state index contributed by atoms with van der Waals surface area (Å²) in [6, 6.07) is 0. The fraction of sp³-hybridized carbons (Fsp3) is 0.750. The van der Waals surface area contributed by atoms with Crippen molar-refractivity contribution in [2.45, 2.75) is 38.7 Å². The molecule has 0 unspecified atom stereocenters. The second-order valence-electron chi connectivity index (χ2n) is 6.23. The summed E-state index contributed by atoms with van der Waals surface area (Å²) >= 11 is 1.61. The van der Waals surface area contributed by atoms with Gasteiger partial charge in [0.25, 0.3) is 0 Å². The molecule has 1 aromatic heterocycles. The van der Waals surface area contributed by atoms with Crippen molar-refractivity contribution >= 4 is 17.2 Å². The van der Waals surface area contributed by atoms with Crippen molar-refractivity contribution in [1.29, 1.82) is 0 Å². The van der Waals surface area contributed by atoms with Crippen LogP contribution in [0.5, 0.6) is 0 Å². The minimum absolute atomic E-state index is 0.154. The molecule has 0 spiro atoms. The van der Waals surface area contributed by atoms with Crippen LogP contribution in [0, 0.1) is 6.92 Å². The van der Waals surface area contributed by atoms with Crippen LogP contribution < -0.4 is 0 Å². The van der Waals surface area contributed by atoms with E-state index in [1.807, 2.05) is 17.2 Å². The smallest absolute Gasteiger partial charge is 0.228 e. The molecular formula is C16H25N3O2S. The molecule has 6 heteroatoms. The van der Waals surface area contributed by atoms with Crippen molar-refractivity contribution < 1.29 is 9.53 Å². The minimum atomic E-state index is 0.154. The largest absolute Gasteiger partial charge is 0.375 e. The zero-order valence-corrected chi connectivity index (χ0v) is 14.1. The van der Waals surface area contributed by atoms with Gasteiger partial charge < -0.3 is 14.5 Å². The molecule has 22 heavy (non-hydrogen) atoms. The van der Waals surface area contributed by atoms with E-state index in [1.54, 1.807) is 11.3 Å². The van der Waals surface area contributed by atoms with Gasteiger partial charge in [0.15, 0.2) is 0 Å². The maximum atomic E-state index is 12.5. The van der Waals surface area contributed by atoms with Gasteiger partial charge in [-0.1, -0.05) is 0 Å². The highest BCUT2D eigenvalue weighted by Crippen LogP contribution is 2.14. The highest BCUT2D eigenvalue weighted by atomic mass is 32.1. The molecule has 1 amide bonds. The van der Waals surface area contributed by atoms with Crippen molar-refractivity contribution in [3.8, 4) is 0 Å². The highest BCUT2D eigenvalue weighted by molar-refractivity contribution is 7.09. The standard InChI is InChI=1S/C16H25N3O2S/c1-13-17-14(12-22-13)9-16(20)19-7-4-8-21-15(11-19)10-18-5-2-3-6-18/h12,15H,2-11H2,1H3/t15-/m0/s1. The molecule has 2 aliphatic rings. The Labute approximate surface area is 136 Å². The van der Waals surface area contributed by atoms with Crippen LogP contribution in [-0.4, -0.2) is 66.1 Å². The third-order valence-electron chi connectivity index (χ3n) is 4.36. The Bertz CT molecular complexity index is 499. The van der Waals surface area contributed by atoms with Gasteiger partial charge in [0.05, 0.1) is 23.2 Å². The maximum Gasteiger partial charge on any atom is 0.228 e. The predicted molar refractivity (Wildman–Crippen MR) is 87.2 cm³/mol. The van der Waals surface area contributed by atoms with Gasteiger partial charge >= 0.3 is 0 Å². The zero-order valence-electron chi connectivity index (χ0n) is 13.3. The fourth-order valence-electron chi connectivity index (χ4n) is 3.24. The molecule has 0 aliphatic carbocycles. The summed E-state index contributed by atoms with van der Waals surface area (Å²) in [5, 5.41) is 3.01. The number of aromatic nitrogens is 1. The lowest BCUT2D eigenvalue weighted by Gasteiger charge is -2.27. The zero-order chi connectivity index (χ0) is 15.4. The number of carbonyl (C=O) groups is 1. The van der Waals surface area contributed by atoms with Gasteiger partial charge in [-0.2, -0.15) is 0 Å². The lowest BCUT2D eigenvalue weighted by Crippen LogP contribution is -2.42. The molecule has 3 rings (SSSR count). The second kappa shape index (κ2) is 7.53. The Hall–Kier alpha value is -0.980. The van der Waals surface area contributed by atoms with Crippen LogP contribution in [0.4, 0.5) is 0 Å². The molecule has 1 aromatic rings. The first-order chi connectivity index (χ1) is 10.7. The van der Waals surface area contributed by atoms with Crippen molar-refractivity contribution in [3.05, 3.63) is 16.1 Å². The molecule has 1 atom stereocenters. The lowest BCUT2D eigenvalue weighted by molar-refractivity contribution is -0.131. The molecule has 0 N–H and O–H groups in total. The van der Waals surface area contributed by atoms with Crippen LogP contribution in [0.15, 0.2) is 5.38 Å². The third-order valence-corrected chi connectivity index (χ3v) is 5.18. The normalized spacial score (nSPS) is 23.7. The molecule has 2 saturated heterocycles. The summed E-state index contributed by atoms with van der Waals surface area (Å²) in [4.78, 5) is 21.4. The van der Waals surface area contributed by atoms with Crippen LogP contribution in [0.1, 0.15) is 30.0 Å². The minimum Gasteiger partial charge on any atom is -0.375 e. The average Bonchev–Trinajstić information content (AvgIpc) is 3.07. The lowest BCUT2D eigenvalue weighted by atomic mass is 10.2. The second-order valence-corrected chi connectivity index (χ2v) is 7.29. The molecule has 0 bridgehead atoms. The Kier molecular flexibility index (Phi) is 5.44. The van der Waals surface area contributed by atoms with Gasteiger partial charge in [-0.25, -0.2) is 4.98 Å². The van der Waals surface area contributed by atoms with Crippen molar-refractivity contribution in [2.75, 3.05) is 39.3 Å². The number of thiazole rings is 1. The van der Waals surface area contributed by atoms with Crippen molar-refractivity contribution in [3.63, 3.8) is 0 Å². The summed E-state index contributed by atoms with van der Waals surface area (Å²) in [5.41, 5.74) is 0.897. The van der Waals surface area contributed by atoms with E-state index in [4.69, 9.17) is 4.74 Å². The number of ether oxygens (including phenoxy) is 1. The first-order valence-electron chi connectivity index (χ1n) is 8.23. The van der Waals surface area contributed by atoms with Gasteiger partial charge in [0, 0.05) is 31.6 Å². The third kappa shape index (κ3) is 4.27. The van der Waals surface area contributed by atoms with Gasteiger partial charge in [0.1, 0.15) is 0 Å². The topological polar surface area (TPSA) is 45.7 Å². The molecule has 0 saturated carbocycles. The number of hydrogen-bond donors (Lipinski definition) is 0. The van der Waals surface area contributed by atoms with E-state index in [9.17, 15) is 4.79 Å². The Morgan fingerprint density at radius 3 is 2.91 bits per heavy atom. The molecule has 0 aromatic carbocycles. The van der Waals surface area contributed by atoms with Crippen molar-refractivity contribution in [1.82, 2.24) is 14.8 Å². The number of hydrogen-bond acceptors (Lipinski definition) is 5. The molecule has 5 nitrogen and oxygen atoms in total. The van der Waals surface area contributed by atoms with Crippen LogP contribution in [0.3, 0.4) is 0 Å². The number of aryl methyl sites for hydroxylation is 1.